The molecule has 0 bridgehead atoms. The second kappa shape index (κ2) is 10.4. The van der Waals surface area contributed by atoms with E-state index < -0.39 is 6.16 Å². The van der Waals surface area contributed by atoms with Crippen LogP contribution in [0, 0.1) is 0 Å². The molecule has 1 aliphatic carbocycles. The third-order valence-electron chi connectivity index (χ3n) is 6.07. The lowest BCUT2D eigenvalue weighted by atomic mass is 9.89. The van der Waals surface area contributed by atoms with Crippen LogP contribution in [0.2, 0.25) is 0 Å². The fourth-order valence-electron chi connectivity index (χ4n) is 4.33. The van der Waals surface area contributed by atoms with Gasteiger partial charge in [0.25, 0.3) is 0 Å². The number of aryl methyl sites for hydroxylation is 1. The zero-order chi connectivity index (χ0) is 22.3. The number of hydrogen-bond acceptors (Lipinski definition) is 5. The molecule has 4 rings (SSSR count). The summed E-state index contributed by atoms with van der Waals surface area (Å²) in [6, 6.07) is 9.80. The van der Waals surface area contributed by atoms with Gasteiger partial charge in [-0.2, -0.15) is 5.10 Å². The first-order valence-corrected chi connectivity index (χ1v) is 11.5. The lowest BCUT2D eigenvalue weighted by Gasteiger charge is -2.18. The Morgan fingerprint density at radius 2 is 1.94 bits per heavy atom. The van der Waals surface area contributed by atoms with Gasteiger partial charge in [0.05, 0.1) is 12.7 Å². The molecule has 1 saturated carbocycles. The van der Waals surface area contributed by atoms with E-state index in [1.165, 1.54) is 38.3 Å². The number of carbonyl (C=O) groups is 1. The number of pyridine rings is 1. The molecular formula is C25H30N4O3. The van der Waals surface area contributed by atoms with Crippen LogP contribution in [-0.2, 0) is 13.0 Å². The van der Waals surface area contributed by atoms with Crippen LogP contribution in [-0.4, -0.2) is 31.0 Å². The van der Waals surface area contributed by atoms with Crippen molar-refractivity contribution >= 4 is 6.16 Å². The first kappa shape index (κ1) is 22.0. The van der Waals surface area contributed by atoms with Crippen molar-refractivity contribution in [3.63, 3.8) is 0 Å². The largest absolute Gasteiger partial charge is 0.511 e. The van der Waals surface area contributed by atoms with Gasteiger partial charge in [0.2, 0.25) is 0 Å². The molecule has 0 saturated heterocycles. The summed E-state index contributed by atoms with van der Waals surface area (Å²) < 4.78 is 6.94. The van der Waals surface area contributed by atoms with Crippen LogP contribution >= 0.6 is 0 Å². The Balaban J connectivity index is 1.54. The van der Waals surface area contributed by atoms with E-state index in [-0.39, 0.29) is 5.75 Å². The minimum absolute atomic E-state index is 0.225. The second-order valence-electron chi connectivity index (χ2n) is 8.42. The summed E-state index contributed by atoms with van der Waals surface area (Å²) in [5, 5.41) is 13.9. The van der Waals surface area contributed by atoms with Crippen molar-refractivity contribution in [3.8, 4) is 16.9 Å². The molecule has 0 spiro atoms. The summed E-state index contributed by atoms with van der Waals surface area (Å²) in [5.74, 6) is 2.80. The lowest BCUT2D eigenvalue weighted by Crippen LogP contribution is -2.09. The van der Waals surface area contributed by atoms with Crippen LogP contribution < -0.4 is 4.74 Å². The van der Waals surface area contributed by atoms with E-state index in [1.807, 2.05) is 24.3 Å². The third kappa shape index (κ3) is 5.33. The van der Waals surface area contributed by atoms with Gasteiger partial charge in [-0.05, 0) is 36.5 Å². The predicted octanol–water partition coefficient (Wildman–Crippen LogP) is 5.84. The van der Waals surface area contributed by atoms with Crippen molar-refractivity contribution in [2.24, 2.45) is 0 Å². The van der Waals surface area contributed by atoms with Gasteiger partial charge in [-0.25, -0.2) is 14.5 Å². The Hall–Kier alpha value is -3.22. The summed E-state index contributed by atoms with van der Waals surface area (Å²) in [6.07, 6.45) is 11.1. The Morgan fingerprint density at radius 1 is 1.16 bits per heavy atom. The van der Waals surface area contributed by atoms with E-state index in [9.17, 15) is 4.79 Å². The number of hydrogen-bond donors (Lipinski definition) is 1. The van der Waals surface area contributed by atoms with Gasteiger partial charge < -0.3 is 9.84 Å². The van der Waals surface area contributed by atoms with Crippen molar-refractivity contribution in [3.05, 3.63) is 59.9 Å². The molecule has 0 atom stereocenters. The number of aromatic nitrogens is 4. The predicted molar refractivity (Wildman–Crippen MR) is 122 cm³/mol. The topological polar surface area (TPSA) is 90.1 Å². The zero-order valence-corrected chi connectivity index (χ0v) is 18.5. The van der Waals surface area contributed by atoms with E-state index in [1.54, 1.807) is 12.3 Å². The number of benzene rings is 1. The molecule has 1 aliphatic rings. The van der Waals surface area contributed by atoms with E-state index in [4.69, 9.17) is 19.9 Å². The molecule has 7 nitrogen and oxygen atoms in total. The molecule has 2 heterocycles. The molecule has 0 unspecified atom stereocenters. The van der Waals surface area contributed by atoms with Crippen molar-refractivity contribution in [2.75, 3.05) is 0 Å². The number of rotatable bonds is 8. The number of carboxylic acid groups (broad SMARTS) is 1. The van der Waals surface area contributed by atoms with Crippen LogP contribution in [0.1, 0.15) is 75.0 Å². The van der Waals surface area contributed by atoms with Crippen LogP contribution in [0.15, 0.2) is 42.7 Å². The standard InChI is InChI=1S/C25H30N4O3/c1-2-3-9-23-27-24(20-7-5-4-6-8-20)28-29(23)17-18-10-12-19(13-11-18)21-14-15-26-16-22(21)32-25(30)31/h10-16,20H,2-9,17H2,1H3,(H,30,31). The molecule has 2 aromatic heterocycles. The van der Waals surface area contributed by atoms with E-state index in [2.05, 4.69) is 16.6 Å². The summed E-state index contributed by atoms with van der Waals surface area (Å²) >= 11 is 0. The lowest BCUT2D eigenvalue weighted by molar-refractivity contribution is 0.144. The van der Waals surface area contributed by atoms with E-state index in [0.717, 1.165) is 42.0 Å². The highest BCUT2D eigenvalue weighted by Gasteiger charge is 2.21. The van der Waals surface area contributed by atoms with Crippen LogP contribution in [0.25, 0.3) is 11.1 Å². The summed E-state index contributed by atoms with van der Waals surface area (Å²) in [6.45, 7) is 2.87. The first-order valence-electron chi connectivity index (χ1n) is 11.5. The summed E-state index contributed by atoms with van der Waals surface area (Å²) in [4.78, 5) is 19.9. The van der Waals surface area contributed by atoms with Crippen molar-refractivity contribution < 1.29 is 14.6 Å². The Morgan fingerprint density at radius 3 is 2.66 bits per heavy atom. The van der Waals surface area contributed by atoms with Crippen LogP contribution in [0.4, 0.5) is 4.79 Å². The first-order chi connectivity index (χ1) is 15.6. The smallest absolute Gasteiger partial charge is 0.449 e. The van der Waals surface area contributed by atoms with Crippen LogP contribution in [0.5, 0.6) is 5.75 Å². The molecule has 1 fully saturated rings. The number of unbranched alkanes of at least 4 members (excludes halogenated alkanes) is 1. The SMILES string of the molecule is CCCCc1nc(C2CCCCC2)nn1Cc1ccc(-c2ccncc2OC(=O)O)cc1. The Kier molecular flexibility index (Phi) is 7.14. The van der Waals surface area contributed by atoms with Gasteiger partial charge in [-0.3, -0.25) is 4.98 Å². The van der Waals surface area contributed by atoms with Gasteiger partial charge in [-0.15, -0.1) is 0 Å². The Bertz CT molecular complexity index is 1040. The van der Waals surface area contributed by atoms with Gasteiger partial charge in [-0.1, -0.05) is 56.9 Å². The average molecular weight is 435 g/mol. The molecule has 0 amide bonds. The summed E-state index contributed by atoms with van der Waals surface area (Å²) in [7, 11) is 0. The zero-order valence-electron chi connectivity index (χ0n) is 18.5. The fourth-order valence-corrected chi connectivity index (χ4v) is 4.33. The Labute approximate surface area is 188 Å². The highest BCUT2D eigenvalue weighted by molar-refractivity contribution is 5.73. The third-order valence-corrected chi connectivity index (χ3v) is 6.07. The minimum Gasteiger partial charge on any atom is -0.449 e. The molecule has 1 N–H and O–H groups in total. The van der Waals surface area contributed by atoms with Gasteiger partial charge in [0, 0.05) is 24.1 Å². The maximum Gasteiger partial charge on any atom is 0.511 e. The molecule has 0 aliphatic heterocycles. The minimum atomic E-state index is -1.35. The maximum atomic E-state index is 11.0. The molecular weight excluding hydrogens is 404 g/mol. The molecule has 32 heavy (non-hydrogen) atoms. The van der Waals surface area contributed by atoms with Crippen molar-refractivity contribution in [1.29, 1.82) is 0 Å². The highest BCUT2D eigenvalue weighted by Crippen LogP contribution is 2.32. The summed E-state index contributed by atoms with van der Waals surface area (Å²) in [5.41, 5.74) is 2.69. The number of nitrogens with zero attached hydrogens (tertiary/aromatic N) is 4. The van der Waals surface area contributed by atoms with Crippen molar-refractivity contribution in [2.45, 2.75) is 70.8 Å². The average Bonchev–Trinajstić information content (AvgIpc) is 3.21. The van der Waals surface area contributed by atoms with Crippen LogP contribution in [0.3, 0.4) is 0 Å². The highest BCUT2D eigenvalue weighted by atomic mass is 16.7. The second-order valence-corrected chi connectivity index (χ2v) is 8.42. The molecule has 0 radical (unpaired) electrons. The molecule has 168 valence electrons. The van der Waals surface area contributed by atoms with E-state index >= 15 is 0 Å². The van der Waals surface area contributed by atoms with Gasteiger partial charge in [0.1, 0.15) is 5.82 Å². The van der Waals surface area contributed by atoms with E-state index in [0.29, 0.717) is 18.0 Å². The monoisotopic (exact) mass is 434 g/mol. The van der Waals surface area contributed by atoms with Gasteiger partial charge in [0.15, 0.2) is 11.6 Å². The maximum absolute atomic E-state index is 11.0. The van der Waals surface area contributed by atoms with Gasteiger partial charge >= 0.3 is 6.16 Å². The molecule has 7 heteroatoms. The van der Waals surface area contributed by atoms with Crippen molar-refractivity contribution in [1.82, 2.24) is 19.7 Å². The fraction of sp³-hybridized carbons (Fsp3) is 0.440. The number of ether oxygens (including phenoxy) is 1. The normalized spacial score (nSPS) is 14.4. The molecule has 3 aromatic rings. The quantitative estimate of drug-likeness (QED) is 0.448. The molecule has 1 aromatic carbocycles.